The van der Waals surface area contributed by atoms with Crippen LogP contribution < -0.4 is 5.32 Å². The molecule has 1 aromatic heterocycles. The maximum Gasteiger partial charge on any atom is 0.269 e. The largest absolute Gasteiger partial charge is 0.457 e. The SMILES string of the molecule is Cc1cc([N+](=O)[O-])ccc1-c1ccc(/C=C2/C(=O)NC(=S)N(C)C2=O)o1. The Kier molecular flexibility index (Phi) is 4.39. The van der Waals surface area contributed by atoms with Crippen LogP contribution in [0.5, 0.6) is 0 Å². The number of likely N-dealkylation sites (N-methyl/N-ethyl adjacent to an activating group) is 1. The van der Waals surface area contributed by atoms with Crippen LogP contribution >= 0.6 is 12.2 Å². The number of nitro benzene ring substituents is 1. The van der Waals surface area contributed by atoms with Crippen molar-refractivity contribution < 1.29 is 18.9 Å². The van der Waals surface area contributed by atoms with E-state index in [9.17, 15) is 19.7 Å². The molecule has 2 amide bonds. The van der Waals surface area contributed by atoms with Crippen LogP contribution in [-0.2, 0) is 9.59 Å². The number of non-ortho nitro benzene ring substituents is 1. The molecule has 8 nitrogen and oxygen atoms in total. The average Bonchev–Trinajstić information content (AvgIpc) is 3.05. The number of thiocarbonyl (C=S) groups is 1. The Morgan fingerprint density at radius 3 is 2.65 bits per heavy atom. The lowest BCUT2D eigenvalue weighted by Crippen LogP contribution is -2.52. The number of furan rings is 1. The Morgan fingerprint density at radius 1 is 1.27 bits per heavy atom. The van der Waals surface area contributed by atoms with E-state index in [0.717, 1.165) is 4.90 Å². The number of carbonyl (C=O) groups excluding carboxylic acids is 2. The quantitative estimate of drug-likeness (QED) is 0.292. The van der Waals surface area contributed by atoms with Gasteiger partial charge < -0.3 is 4.42 Å². The minimum Gasteiger partial charge on any atom is -0.457 e. The Morgan fingerprint density at radius 2 is 2.00 bits per heavy atom. The molecule has 0 aliphatic carbocycles. The summed E-state index contributed by atoms with van der Waals surface area (Å²) >= 11 is 4.89. The van der Waals surface area contributed by atoms with E-state index in [2.05, 4.69) is 5.32 Å². The molecule has 1 aliphatic rings. The second-order valence-electron chi connectivity index (χ2n) is 5.64. The molecule has 0 atom stereocenters. The fourth-order valence-corrected chi connectivity index (χ4v) is 2.68. The topological polar surface area (TPSA) is 106 Å². The van der Waals surface area contributed by atoms with Crippen LogP contribution in [0, 0.1) is 17.0 Å². The maximum absolute atomic E-state index is 12.2. The molecule has 9 heteroatoms. The Labute approximate surface area is 153 Å². The van der Waals surface area contributed by atoms with Crippen molar-refractivity contribution in [2.75, 3.05) is 7.05 Å². The first-order valence-corrected chi connectivity index (χ1v) is 7.89. The predicted octanol–water partition coefficient (Wildman–Crippen LogP) is 2.42. The minimum atomic E-state index is -0.595. The number of benzene rings is 1. The van der Waals surface area contributed by atoms with Gasteiger partial charge in [-0.3, -0.25) is 29.9 Å². The number of nitrogens with zero attached hydrogens (tertiary/aromatic N) is 2. The molecule has 26 heavy (non-hydrogen) atoms. The van der Waals surface area contributed by atoms with Crippen molar-refractivity contribution in [2.24, 2.45) is 0 Å². The standard InChI is InChI=1S/C17H13N3O5S/c1-9-7-10(20(23)24)3-5-12(9)14-6-4-11(25-14)8-13-15(21)18-17(26)19(2)16(13)22/h3-8H,1-2H3,(H,18,21,26)/b13-8-. The zero-order chi connectivity index (χ0) is 19.0. The Balaban J connectivity index is 1.93. The number of rotatable bonds is 3. The lowest BCUT2D eigenvalue weighted by atomic mass is 10.1. The van der Waals surface area contributed by atoms with Gasteiger partial charge in [-0.05, 0) is 49.0 Å². The molecule has 1 N–H and O–H groups in total. The van der Waals surface area contributed by atoms with E-state index >= 15 is 0 Å². The molecule has 2 heterocycles. The van der Waals surface area contributed by atoms with Gasteiger partial charge in [0.1, 0.15) is 17.1 Å². The van der Waals surface area contributed by atoms with Gasteiger partial charge in [0.25, 0.3) is 17.5 Å². The van der Waals surface area contributed by atoms with Gasteiger partial charge >= 0.3 is 0 Å². The van der Waals surface area contributed by atoms with Crippen LogP contribution in [0.25, 0.3) is 17.4 Å². The molecule has 2 aromatic rings. The van der Waals surface area contributed by atoms with Gasteiger partial charge in [-0.2, -0.15) is 0 Å². The average molecular weight is 371 g/mol. The lowest BCUT2D eigenvalue weighted by Gasteiger charge is -2.24. The molecule has 1 fully saturated rings. The van der Waals surface area contributed by atoms with E-state index in [1.807, 2.05) is 0 Å². The number of carbonyl (C=O) groups is 2. The van der Waals surface area contributed by atoms with Gasteiger partial charge in [-0.25, -0.2) is 0 Å². The summed E-state index contributed by atoms with van der Waals surface area (Å²) in [4.78, 5) is 35.7. The number of hydrogen-bond donors (Lipinski definition) is 1. The third-order valence-corrected chi connectivity index (χ3v) is 4.28. The van der Waals surface area contributed by atoms with Gasteiger partial charge in [0.15, 0.2) is 5.11 Å². The highest BCUT2D eigenvalue weighted by molar-refractivity contribution is 7.80. The van der Waals surface area contributed by atoms with Gasteiger partial charge in [0, 0.05) is 24.7 Å². The lowest BCUT2D eigenvalue weighted by molar-refractivity contribution is -0.384. The summed E-state index contributed by atoms with van der Waals surface area (Å²) in [5.41, 5.74) is 1.24. The first-order chi connectivity index (χ1) is 12.3. The van der Waals surface area contributed by atoms with Gasteiger partial charge in [0.05, 0.1) is 4.92 Å². The molecule has 3 rings (SSSR count). The van der Waals surface area contributed by atoms with Crippen LogP contribution in [-0.4, -0.2) is 33.8 Å². The minimum absolute atomic E-state index is 0.0105. The Hall–Kier alpha value is -3.33. The van der Waals surface area contributed by atoms with E-state index in [1.54, 1.807) is 25.1 Å². The van der Waals surface area contributed by atoms with Crippen LogP contribution in [0.4, 0.5) is 5.69 Å². The molecule has 0 bridgehead atoms. The van der Waals surface area contributed by atoms with Crippen molar-refractivity contribution in [3.05, 3.63) is 57.3 Å². The molecule has 132 valence electrons. The highest BCUT2D eigenvalue weighted by Gasteiger charge is 2.31. The van der Waals surface area contributed by atoms with Crippen LogP contribution in [0.3, 0.4) is 0 Å². The van der Waals surface area contributed by atoms with Crippen LogP contribution in [0.1, 0.15) is 11.3 Å². The fraction of sp³-hybridized carbons (Fsp3) is 0.118. The summed E-state index contributed by atoms with van der Waals surface area (Å²) in [6, 6.07) is 7.70. The van der Waals surface area contributed by atoms with Crippen molar-refractivity contribution in [1.82, 2.24) is 10.2 Å². The predicted molar refractivity (Wildman–Crippen MR) is 97.0 cm³/mol. The van der Waals surface area contributed by atoms with Gasteiger partial charge in [0.2, 0.25) is 0 Å². The monoisotopic (exact) mass is 371 g/mol. The van der Waals surface area contributed by atoms with Gasteiger partial charge in [-0.15, -0.1) is 0 Å². The summed E-state index contributed by atoms with van der Waals surface area (Å²) in [6.45, 7) is 1.73. The van der Waals surface area contributed by atoms with Crippen molar-refractivity contribution in [3.63, 3.8) is 0 Å². The summed E-state index contributed by atoms with van der Waals surface area (Å²) in [7, 11) is 1.46. The van der Waals surface area contributed by atoms with E-state index in [0.29, 0.717) is 22.6 Å². The van der Waals surface area contributed by atoms with Crippen molar-refractivity contribution in [2.45, 2.75) is 6.92 Å². The molecule has 0 saturated carbocycles. The third kappa shape index (κ3) is 3.11. The first kappa shape index (κ1) is 17.5. The molecule has 1 aromatic carbocycles. The van der Waals surface area contributed by atoms with Crippen molar-refractivity contribution in [3.8, 4) is 11.3 Å². The zero-order valence-electron chi connectivity index (χ0n) is 13.8. The van der Waals surface area contributed by atoms with Crippen LogP contribution in [0.2, 0.25) is 0 Å². The smallest absolute Gasteiger partial charge is 0.269 e. The van der Waals surface area contributed by atoms with E-state index < -0.39 is 16.7 Å². The molecular formula is C17H13N3O5S. The third-order valence-electron chi connectivity index (χ3n) is 3.90. The highest BCUT2D eigenvalue weighted by atomic mass is 32.1. The number of hydrogen-bond acceptors (Lipinski definition) is 6. The molecule has 0 unspecified atom stereocenters. The number of nitrogens with one attached hydrogen (secondary N) is 1. The molecule has 0 radical (unpaired) electrons. The van der Waals surface area contributed by atoms with Gasteiger partial charge in [-0.1, -0.05) is 0 Å². The van der Waals surface area contributed by atoms with Crippen molar-refractivity contribution >= 4 is 40.9 Å². The second kappa shape index (κ2) is 6.52. The van der Waals surface area contributed by atoms with E-state index in [4.69, 9.17) is 16.6 Å². The van der Waals surface area contributed by atoms with E-state index in [1.165, 1.54) is 25.3 Å². The molecule has 0 spiro atoms. The van der Waals surface area contributed by atoms with Crippen LogP contribution in [0.15, 0.2) is 40.3 Å². The summed E-state index contributed by atoms with van der Waals surface area (Å²) in [5, 5.41) is 13.3. The fourth-order valence-electron chi connectivity index (χ4n) is 2.50. The molecule has 1 saturated heterocycles. The Bertz CT molecular complexity index is 992. The first-order valence-electron chi connectivity index (χ1n) is 7.48. The summed E-state index contributed by atoms with van der Waals surface area (Å²) in [5.74, 6) is -0.347. The molecule has 1 aliphatic heterocycles. The summed E-state index contributed by atoms with van der Waals surface area (Å²) < 4.78 is 5.68. The maximum atomic E-state index is 12.2. The van der Waals surface area contributed by atoms with E-state index in [-0.39, 0.29) is 16.4 Å². The number of aryl methyl sites for hydroxylation is 1. The highest BCUT2D eigenvalue weighted by Crippen LogP contribution is 2.29. The number of nitro groups is 1. The zero-order valence-corrected chi connectivity index (χ0v) is 14.6. The summed E-state index contributed by atoms with van der Waals surface area (Å²) in [6.07, 6.45) is 1.33. The normalized spacial score (nSPS) is 16.2. The number of amides is 2. The van der Waals surface area contributed by atoms with Crippen molar-refractivity contribution in [1.29, 1.82) is 0 Å². The molecular weight excluding hydrogens is 358 g/mol. The second-order valence-corrected chi connectivity index (χ2v) is 6.03.